The first-order valence-electron chi connectivity index (χ1n) is 8.24. The molecule has 0 aliphatic heterocycles. The Hall–Kier alpha value is -2.93. The Kier molecular flexibility index (Phi) is 6.38. The number of carbonyl (C=O) groups is 2. The number of nitrogens with one attached hydrogen (secondary N) is 1. The van der Waals surface area contributed by atoms with Crippen molar-refractivity contribution >= 4 is 40.2 Å². The van der Waals surface area contributed by atoms with Gasteiger partial charge in [-0.2, -0.15) is 0 Å². The molecule has 1 heterocycles. The van der Waals surface area contributed by atoms with E-state index in [1.165, 1.54) is 12.1 Å². The molecule has 0 saturated carbocycles. The number of anilines is 1. The van der Waals surface area contributed by atoms with Gasteiger partial charge < -0.3 is 10.1 Å². The fraction of sp³-hybridized carbons (Fsp3) is 0.150. The van der Waals surface area contributed by atoms with Gasteiger partial charge in [0.15, 0.2) is 0 Å². The quantitative estimate of drug-likeness (QED) is 0.628. The molecule has 2 aromatic carbocycles. The van der Waals surface area contributed by atoms with E-state index in [-0.39, 0.29) is 29.7 Å². The van der Waals surface area contributed by atoms with E-state index in [2.05, 4.69) is 10.3 Å². The van der Waals surface area contributed by atoms with Crippen molar-refractivity contribution in [3.63, 3.8) is 0 Å². The molecule has 3 rings (SSSR count). The summed E-state index contributed by atoms with van der Waals surface area (Å²) in [4.78, 5) is 28.0. The average Bonchev–Trinajstić information content (AvgIpc) is 2.68. The molecule has 0 unspecified atom stereocenters. The zero-order valence-electron chi connectivity index (χ0n) is 14.4. The third-order valence-electron chi connectivity index (χ3n) is 3.64. The maximum atomic E-state index is 13.5. The van der Waals surface area contributed by atoms with Gasteiger partial charge in [-0.3, -0.25) is 9.59 Å². The second-order valence-corrected chi connectivity index (χ2v) is 6.66. The smallest absolute Gasteiger partial charge is 0.316 e. The summed E-state index contributed by atoms with van der Waals surface area (Å²) in [7, 11) is 0. The van der Waals surface area contributed by atoms with Crippen molar-refractivity contribution in [1.82, 2.24) is 4.98 Å². The number of esters is 1. The van der Waals surface area contributed by atoms with E-state index in [9.17, 15) is 14.0 Å². The van der Waals surface area contributed by atoms with Crippen molar-refractivity contribution in [3.8, 4) is 0 Å². The van der Waals surface area contributed by atoms with Gasteiger partial charge in [-0.15, -0.1) is 11.8 Å². The highest BCUT2D eigenvalue weighted by atomic mass is 32.2. The topological polar surface area (TPSA) is 68.3 Å². The minimum Gasteiger partial charge on any atom is -0.459 e. The van der Waals surface area contributed by atoms with E-state index < -0.39 is 11.8 Å². The molecular formula is C20H17FN2O3S. The molecule has 0 radical (unpaired) electrons. The Labute approximate surface area is 159 Å². The number of amides is 1. The molecule has 0 aliphatic carbocycles. The van der Waals surface area contributed by atoms with E-state index in [0.29, 0.717) is 5.69 Å². The van der Waals surface area contributed by atoms with E-state index in [0.717, 1.165) is 22.7 Å². The molecule has 1 N–H and O–H groups in total. The number of para-hydroxylation sites is 2. The van der Waals surface area contributed by atoms with Crippen molar-refractivity contribution in [2.24, 2.45) is 0 Å². The largest absolute Gasteiger partial charge is 0.459 e. The highest BCUT2D eigenvalue weighted by Crippen LogP contribution is 2.14. The minimum atomic E-state index is -0.502. The van der Waals surface area contributed by atoms with Gasteiger partial charge >= 0.3 is 5.97 Å². The van der Waals surface area contributed by atoms with Crippen LogP contribution in [0.5, 0.6) is 0 Å². The Balaban J connectivity index is 1.40. The maximum Gasteiger partial charge on any atom is 0.316 e. The van der Waals surface area contributed by atoms with Crippen molar-refractivity contribution in [3.05, 3.63) is 72.2 Å². The Bertz CT molecular complexity index is 965. The standard InChI is InChI=1S/C20H17FN2O3S/c21-16-6-2-4-8-18(16)23-19(24)12-27-13-20(25)26-11-15-10-9-14-5-1-3-7-17(14)22-15/h1-10H,11-13H2,(H,23,24). The van der Waals surface area contributed by atoms with E-state index in [4.69, 9.17) is 4.74 Å². The molecule has 1 aromatic heterocycles. The first kappa shape index (κ1) is 18.8. The predicted molar refractivity (Wildman–Crippen MR) is 104 cm³/mol. The molecular weight excluding hydrogens is 367 g/mol. The number of ether oxygens (including phenoxy) is 1. The molecule has 0 fully saturated rings. The van der Waals surface area contributed by atoms with Crippen LogP contribution in [0.4, 0.5) is 10.1 Å². The number of thioether (sulfide) groups is 1. The minimum absolute atomic E-state index is 0.0255. The van der Waals surface area contributed by atoms with Crippen LogP contribution in [-0.4, -0.2) is 28.4 Å². The summed E-state index contributed by atoms with van der Waals surface area (Å²) < 4.78 is 18.6. The van der Waals surface area contributed by atoms with Crippen LogP contribution in [0.1, 0.15) is 5.69 Å². The molecule has 27 heavy (non-hydrogen) atoms. The van der Waals surface area contributed by atoms with Gasteiger partial charge in [0.05, 0.1) is 28.4 Å². The lowest BCUT2D eigenvalue weighted by Crippen LogP contribution is -2.17. The van der Waals surface area contributed by atoms with E-state index in [1.54, 1.807) is 12.1 Å². The van der Waals surface area contributed by atoms with Crippen LogP contribution in [0.2, 0.25) is 0 Å². The summed E-state index contributed by atoms with van der Waals surface area (Å²) in [6, 6.07) is 17.3. The number of aromatic nitrogens is 1. The Morgan fingerprint density at radius 2 is 1.78 bits per heavy atom. The van der Waals surface area contributed by atoms with Crippen LogP contribution < -0.4 is 5.32 Å². The molecule has 138 valence electrons. The monoisotopic (exact) mass is 384 g/mol. The maximum absolute atomic E-state index is 13.5. The molecule has 0 atom stereocenters. The first-order valence-corrected chi connectivity index (χ1v) is 9.40. The molecule has 1 amide bonds. The van der Waals surface area contributed by atoms with Crippen molar-refractivity contribution < 1.29 is 18.7 Å². The fourth-order valence-electron chi connectivity index (χ4n) is 2.36. The summed E-state index contributed by atoms with van der Waals surface area (Å²) >= 11 is 1.10. The van der Waals surface area contributed by atoms with Crippen molar-refractivity contribution in [2.75, 3.05) is 16.8 Å². The highest BCUT2D eigenvalue weighted by molar-refractivity contribution is 8.00. The third-order valence-corrected chi connectivity index (χ3v) is 4.54. The number of rotatable bonds is 7. The van der Waals surface area contributed by atoms with Gasteiger partial charge in [-0.1, -0.05) is 36.4 Å². The summed E-state index contributed by atoms with van der Waals surface area (Å²) in [6.45, 7) is 0.0751. The molecule has 7 heteroatoms. The zero-order chi connectivity index (χ0) is 19.1. The lowest BCUT2D eigenvalue weighted by atomic mass is 10.2. The lowest BCUT2D eigenvalue weighted by Gasteiger charge is -2.07. The SMILES string of the molecule is O=C(CSCC(=O)OCc1ccc2ccccc2n1)Nc1ccccc1F. The van der Waals surface area contributed by atoms with Crippen LogP contribution in [0.15, 0.2) is 60.7 Å². The summed E-state index contributed by atoms with van der Waals surface area (Å²) in [5, 5.41) is 3.48. The highest BCUT2D eigenvalue weighted by Gasteiger charge is 2.09. The second-order valence-electron chi connectivity index (χ2n) is 5.68. The average molecular weight is 384 g/mol. The number of carbonyl (C=O) groups excluding carboxylic acids is 2. The van der Waals surface area contributed by atoms with Crippen LogP contribution >= 0.6 is 11.8 Å². The molecule has 0 bridgehead atoms. The second kappa shape index (κ2) is 9.14. The molecule has 0 aliphatic rings. The van der Waals surface area contributed by atoms with Crippen molar-refractivity contribution in [2.45, 2.75) is 6.61 Å². The Morgan fingerprint density at radius 3 is 2.63 bits per heavy atom. The summed E-state index contributed by atoms with van der Waals surface area (Å²) in [5.41, 5.74) is 1.61. The third kappa shape index (κ3) is 5.52. The molecule has 5 nitrogen and oxygen atoms in total. The lowest BCUT2D eigenvalue weighted by molar-refractivity contribution is -0.141. The van der Waals surface area contributed by atoms with Gasteiger partial charge in [0, 0.05) is 5.39 Å². The van der Waals surface area contributed by atoms with Gasteiger partial charge in [-0.25, -0.2) is 9.37 Å². The number of hydrogen-bond acceptors (Lipinski definition) is 5. The number of fused-ring (bicyclic) bond motifs is 1. The fourth-order valence-corrected chi connectivity index (χ4v) is 2.97. The van der Waals surface area contributed by atoms with Crippen LogP contribution in [0, 0.1) is 5.82 Å². The van der Waals surface area contributed by atoms with Gasteiger partial charge in [0.25, 0.3) is 0 Å². The molecule has 0 spiro atoms. The predicted octanol–water partition coefficient (Wildman–Crippen LogP) is 3.79. The van der Waals surface area contributed by atoms with Gasteiger partial charge in [0.1, 0.15) is 12.4 Å². The zero-order valence-corrected chi connectivity index (χ0v) is 15.2. The number of halogens is 1. The van der Waals surface area contributed by atoms with E-state index in [1.807, 2.05) is 36.4 Å². The number of benzene rings is 2. The van der Waals surface area contributed by atoms with Crippen LogP contribution in [0.25, 0.3) is 10.9 Å². The van der Waals surface area contributed by atoms with Crippen LogP contribution in [0.3, 0.4) is 0 Å². The van der Waals surface area contributed by atoms with Gasteiger partial charge in [-0.05, 0) is 24.3 Å². The van der Waals surface area contributed by atoms with Crippen LogP contribution in [-0.2, 0) is 20.9 Å². The van der Waals surface area contributed by atoms with Crippen molar-refractivity contribution in [1.29, 1.82) is 0 Å². The number of hydrogen-bond donors (Lipinski definition) is 1. The Morgan fingerprint density at radius 1 is 1.00 bits per heavy atom. The summed E-state index contributed by atoms with van der Waals surface area (Å²) in [6.07, 6.45) is 0. The normalized spacial score (nSPS) is 10.6. The number of pyridine rings is 1. The van der Waals surface area contributed by atoms with Gasteiger partial charge in [0.2, 0.25) is 5.91 Å². The number of nitrogens with zero attached hydrogens (tertiary/aromatic N) is 1. The summed E-state index contributed by atoms with van der Waals surface area (Å²) in [5.74, 6) is -1.27. The first-order chi connectivity index (χ1) is 13.1. The molecule has 3 aromatic rings. The molecule has 0 saturated heterocycles. The van der Waals surface area contributed by atoms with E-state index >= 15 is 0 Å².